The van der Waals surface area contributed by atoms with Gasteiger partial charge in [0.1, 0.15) is 17.4 Å². The second-order valence-corrected chi connectivity index (χ2v) is 10.0. The van der Waals surface area contributed by atoms with Crippen LogP contribution in [0.15, 0.2) is 59.7 Å². The van der Waals surface area contributed by atoms with Gasteiger partial charge in [0, 0.05) is 19.3 Å². The number of aromatic nitrogens is 3. The molecule has 0 saturated heterocycles. The topological polar surface area (TPSA) is 92.2 Å². The number of alkyl halides is 2. The number of anilines is 1. The quantitative estimate of drug-likeness (QED) is 0.244. The van der Waals surface area contributed by atoms with Crippen molar-refractivity contribution in [3.8, 4) is 0 Å². The van der Waals surface area contributed by atoms with Gasteiger partial charge >= 0.3 is 5.92 Å². The molecule has 0 radical (unpaired) electrons. The van der Waals surface area contributed by atoms with E-state index in [9.17, 15) is 18.4 Å². The predicted octanol–water partition coefficient (Wildman–Crippen LogP) is 5.21. The van der Waals surface area contributed by atoms with Gasteiger partial charge in [-0.05, 0) is 49.2 Å². The fourth-order valence-electron chi connectivity index (χ4n) is 4.15. The predicted molar refractivity (Wildman–Crippen MR) is 154 cm³/mol. The van der Waals surface area contributed by atoms with Crippen molar-refractivity contribution in [2.45, 2.75) is 65.1 Å². The zero-order valence-electron chi connectivity index (χ0n) is 23.0. The average molecular weight is 575 g/mol. The van der Waals surface area contributed by atoms with Gasteiger partial charge in [-0.15, -0.1) is 0 Å². The Bertz CT molecular complexity index is 1280. The molecule has 0 spiro atoms. The third-order valence-corrected chi connectivity index (χ3v) is 6.77. The standard InChI is InChI=1S/C29H37ClF2N6O2/c1-3-5-15-37(16-6-4-2)19-23-12-8-7-11-22(23)17-34-26(39)20-38-25(30)18-35-27(28(38)40)36-21-29(31,32)24-13-9-10-14-33-24/h7-14,18H,3-6,15-17,19-21H2,1-2H3,(H,34,39)(H,35,36). The van der Waals surface area contributed by atoms with Crippen molar-refractivity contribution in [2.24, 2.45) is 0 Å². The maximum atomic E-state index is 14.5. The summed E-state index contributed by atoms with van der Waals surface area (Å²) in [6.07, 6.45) is 6.92. The maximum Gasteiger partial charge on any atom is 0.306 e. The van der Waals surface area contributed by atoms with Crippen LogP contribution in [0.4, 0.5) is 14.6 Å². The van der Waals surface area contributed by atoms with E-state index in [1.54, 1.807) is 0 Å². The minimum atomic E-state index is -3.34. The van der Waals surface area contributed by atoms with Crippen LogP contribution < -0.4 is 16.2 Å². The molecule has 0 unspecified atom stereocenters. The van der Waals surface area contributed by atoms with E-state index in [4.69, 9.17) is 11.6 Å². The van der Waals surface area contributed by atoms with Gasteiger partial charge in [0.25, 0.3) is 5.56 Å². The number of benzene rings is 1. The Morgan fingerprint density at radius 1 is 1.02 bits per heavy atom. The highest BCUT2D eigenvalue weighted by Gasteiger charge is 2.33. The number of nitrogens with one attached hydrogen (secondary N) is 2. The van der Waals surface area contributed by atoms with E-state index in [1.165, 1.54) is 24.4 Å². The molecular formula is C29H37ClF2N6O2. The van der Waals surface area contributed by atoms with E-state index in [-0.39, 0.29) is 24.1 Å². The van der Waals surface area contributed by atoms with E-state index in [0.29, 0.717) is 0 Å². The summed E-state index contributed by atoms with van der Waals surface area (Å²) in [7, 11) is 0. The number of hydrogen-bond acceptors (Lipinski definition) is 6. The number of carbonyl (C=O) groups is 1. The molecule has 0 aliphatic heterocycles. The molecule has 1 aromatic carbocycles. The number of unbranched alkanes of at least 4 members (excludes halogenated alkanes) is 2. The summed E-state index contributed by atoms with van der Waals surface area (Å²) in [6, 6.07) is 12.1. The van der Waals surface area contributed by atoms with Crippen LogP contribution in [0, 0.1) is 0 Å². The Balaban J connectivity index is 1.64. The largest absolute Gasteiger partial charge is 0.359 e. The number of pyridine rings is 1. The molecule has 0 atom stereocenters. The molecule has 216 valence electrons. The Hall–Kier alpha value is -3.37. The second kappa shape index (κ2) is 15.4. The summed E-state index contributed by atoms with van der Waals surface area (Å²) in [6.45, 7) is 6.19. The minimum Gasteiger partial charge on any atom is -0.359 e. The molecule has 2 heterocycles. The van der Waals surface area contributed by atoms with E-state index in [0.717, 1.165) is 67.2 Å². The number of carbonyl (C=O) groups excluding carboxylic acids is 1. The van der Waals surface area contributed by atoms with Gasteiger partial charge in [0.15, 0.2) is 5.82 Å². The van der Waals surface area contributed by atoms with Crippen LogP contribution in [0.1, 0.15) is 56.4 Å². The first-order chi connectivity index (χ1) is 19.2. The Labute approximate surface area is 238 Å². The van der Waals surface area contributed by atoms with Gasteiger partial charge in [0.05, 0.1) is 12.7 Å². The molecule has 11 heteroatoms. The normalized spacial score (nSPS) is 11.6. The molecule has 0 aliphatic carbocycles. The number of rotatable bonds is 16. The number of halogens is 3. The minimum absolute atomic E-state index is 0.0786. The van der Waals surface area contributed by atoms with Gasteiger partial charge in [0.2, 0.25) is 5.91 Å². The van der Waals surface area contributed by atoms with Crippen molar-refractivity contribution in [2.75, 3.05) is 25.0 Å². The summed E-state index contributed by atoms with van der Waals surface area (Å²) in [5, 5.41) is 5.15. The monoisotopic (exact) mass is 574 g/mol. The Kier molecular flexibility index (Phi) is 12.0. The van der Waals surface area contributed by atoms with Gasteiger partial charge in [-0.3, -0.25) is 24.0 Å². The molecule has 0 aliphatic rings. The third-order valence-electron chi connectivity index (χ3n) is 6.47. The highest BCUT2D eigenvalue weighted by atomic mass is 35.5. The van der Waals surface area contributed by atoms with E-state index in [1.807, 2.05) is 18.2 Å². The second-order valence-electron chi connectivity index (χ2n) is 9.62. The molecule has 8 nitrogen and oxygen atoms in total. The fourth-order valence-corrected chi connectivity index (χ4v) is 4.34. The number of nitrogens with zero attached hydrogens (tertiary/aromatic N) is 4. The molecule has 40 heavy (non-hydrogen) atoms. The SMILES string of the molecule is CCCCN(CCCC)Cc1ccccc1CNC(=O)Cn1c(Cl)cnc(NCC(F)(F)c2ccccn2)c1=O. The first-order valence-electron chi connectivity index (χ1n) is 13.6. The molecule has 0 fully saturated rings. The molecule has 0 saturated carbocycles. The number of amides is 1. The van der Waals surface area contributed by atoms with E-state index >= 15 is 0 Å². The molecular weight excluding hydrogens is 538 g/mol. The first-order valence-corrected chi connectivity index (χ1v) is 14.0. The lowest BCUT2D eigenvalue weighted by Crippen LogP contribution is -2.35. The van der Waals surface area contributed by atoms with E-state index < -0.39 is 29.6 Å². The highest BCUT2D eigenvalue weighted by Crippen LogP contribution is 2.25. The molecule has 1 amide bonds. The van der Waals surface area contributed by atoms with E-state index in [2.05, 4.69) is 45.4 Å². The highest BCUT2D eigenvalue weighted by molar-refractivity contribution is 6.29. The molecule has 3 rings (SSSR count). The zero-order chi connectivity index (χ0) is 29.0. The van der Waals surface area contributed by atoms with Gasteiger partial charge < -0.3 is 10.6 Å². The van der Waals surface area contributed by atoms with Crippen molar-refractivity contribution in [3.63, 3.8) is 0 Å². The van der Waals surface area contributed by atoms with Crippen LogP contribution in [0.2, 0.25) is 5.15 Å². The summed E-state index contributed by atoms with van der Waals surface area (Å²) in [5.74, 6) is -4.12. The van der Waals surface area contributed by atoms with Crippen molar-refractivity contribution in [1.82, 2.24) is 24.8 Å². The number of hydrogen-bond donors (Lipinski definition) is 2. The third kappa shape index (κ3) is 9.09. The summed E-state index contributed by atoms with van der Waals surface area (Å²) < 4.78 is 30.0. The lowest BCUT2D eigenvalue weighted by Gasteiger charge is -2.23. The molecule has 2 N–H and O–H groups in total. The first kappa shape index (κ1) is 31.2. The lowest BCUT2D eigenvalue weighted by molar-refractivity contribution is -0.121. The van der Waals surface area contributed by atoms with Crippen LogP contribution in [0.5, 0.6) is 0 Å². The van der Waals surface area contributed by atoms with Crippen LogP contribution in [0.3, 0.4) is 0 Å². The maximum absolute atomic E-state index is 14.5. The van der Waals surface area contributed by atoms with Crippen LogP contribution in [-0.2, 0) is 30.4 Å². The van der Waals surface area contributed by atoms with Crippen LogP contribution in [0.25, 0.3) is 0 Å². The lowest BCUT2D eigenvalue weighted by atomic mass is 10.1. The Morgan fingerprint density at radius 3 is 2.35 bits per heavy atom. The molecule has 2 aromatic heterocycles. The fraction of sp³-hybridized carbons (Fsp3) is 0.448. The van der Waals surface area contributed by atoms with Gasteiger partial charge in [-0.2, -0.15) is 8.78 Å². The summed E-state index contributed by atoms with van der Waals surface area (Å²) in [5.41, 5.74) is 0.910. The van der Waals surface area contributed by atoms with Crippen molar-refractivity contribution in [1.29, 1.82) is 0 Å². The molecule has 3 aromatic rings. The smallest absolute Gasteiger partial charge is 0.306 e. The van der Waals surface area contributed by atoms with Gasteiger partial charge in [-0.1, -0.05) is 68.6 Å². The van der Waals surface area contributed by atoms with Crippen LogP contribution >= 0.6 is 11.6 Å². The Morgan fingerprint density at radius 2 is 1.70 bits per heavy atom. The summed E-state index contributed by atoms with van der Waals surface area (Å²) >= 11 is 6.14. The zero-order valence-corrected chi connectivity index (χ0v) is 23.8. The average Bonchev–Trinajstić information content (AvgIpc) is 2.96. The van der Waals surface area contributed by atoms with Crippen molar-refractivity contribution in [3.05, 3.63) is 87.2 Å². The summed E-state index contributed by atoms with van der Waals surface area (Å²) in [4.78, 5) is 35.7. The van der Waals surface area contributed by atoms with Crippen molar-refractivity contribution < 1.29 is 13.6 Å². The van der Waals surface area contributed by atoms with Crippen LogP contribution in [-0.4, -0.2) is 45.0 Å². The van der Waals surface area contributed by atoms with Gasteiger partial charge in [-0.25, -0.2) is 4.98 Å². The van der Waals surface area contributed by atoms with Crippen molar-refractivity contribution >= 4 is 23.3 Å². The molecule has 0 bridgehead atoms.